The zero-order valence-corrected chi connectivity index (χ0v) is 14.6. The maximum Gasteiger partial charge on any atom is 0.269 e. The summed E-state index contributed by atoms with van der Waals surface area (Å²) in [6.45, 7) is 0.524. The van der Waals surface area contributed by atoms with Crippen LogP contribution in [0.4, 0.5) is 10.2 Å². The van der Waals surface area contributed by atoms with Crippen LogP contribution < -0.4 is 11.1 Å². The summed E-state index contributed by atoms with van der Waals surface area (Å²) in [5.41, 5.74) is 6.91. The number of anilines is 1. The van der Waals surface area contributed by atoms with E-state index in [-0.39, 0.29) is 17.1 Å². The summed E-state index contributed by atoms with van der Waals surface area (Å²) >= 11 is 0. The van der Waals surface area contributed by atoms with Gasteiger partial charge in [0, 0.05) is 12.1 Å². The molecule has 0 fully saturated rings. The minimum Gasteiger partial charge on any atom is -0.364 e. The van der Waals surface area contributed by atoms with Gasteiger partial charge in [0.15, 0.2) is 11.5 Å². The average molecular weight is 366 g/mol. The van der Waals surface area contributed by atoms with Gasteiger partial charge in [0.1, 0.15) is 5.82 Å². The number of nitrogens with one attached hydrogen (secondary N) is 1. The molecule has 3 rings (SSSR count). The summed E-state index contributed by atoms with van der Waals surface area (Å²) in [6, 6.07) is 15.2. The minimum absolute atomic E-state index is 0.0662. The number of halogens is 1. The molecular formula is C20H19FN4O2. The first-order chi connectivity index (χ1) is 13.0. The number of imidazole rings is 1. The number of nitrogens with two attached hydrogens (primary N) is 1. The lowest BCUT2D eigenvalue weighted by Crippen LogP contribution is -2.21. The summed E-state index contributed by atoms with van der Waals surface area (Å²) in [4.78, 5) is 28.2. The van der Waals surface area contributed by atoms with E-state index in [0.29, 0.717) is 6.54 Å². The topological polar surface area (TPSA) is 90.0 Å². The van der Waals surface area contributed by atoms with E-state index in [0.717, 1.165) is 18.9 Å². The second-order valence-electron chi connectivity index (χ2n) is 6.05. The van der Waals surface area contributed by atoms with Crippen LogP contribution in [0.3, 0.4) is 0 Å². The van der Waals surface area contributed by atoms with E-state index < -0.39 is 17.6 Å². The molecule has 0 saturated carbocycles. The van der Waals surface area contributed by atoms with Crippen molar-refractivity contribution in [2.75, 3.05) is 5.32 Å². The summed E-state index contributed by atoms with van der Waals surface area (Å²) in [5.74, 6) is -1.71. The molecule has 6 nitrogen and oxygen atoms in total. The third kappa shape index (κ3) is 4.58. The average Bonchev–Trinajstić information content (AvgIpc) is 3.05. The number of hydrogen-bond donors (Lipinski definition) is 2. The SMILES string of the molecule is NC(=O)c1c(NC(=O)c2cccc(F)c2)ncn1CCCc1ccccc1. The number of amides is 2. The maximum atomic E-state index is 13.3. The molecule has 2 amide bonds. The summed E-state index contributed by atoms with van der Waals surface area (Å²) in [7, 11) is 0. The highest BCUT2D eigenvalue weighted by Crippen LogP contribution is 2.16. The Morgan fingerprint density at radius 2 is 1.89 bits per heavy atom. The van der Waals surface area contributed by atoms with Gasteiger partial charge >= 0.3 is 0 Å². The van der Waals surface area contributed by atoms with Crippen LogP contribution >= 0.6 is 0 Å². The van der Waals surface area contributed by atoms with Gasteiger partial charge in [-0.05, 0) is 36.6 Å². The van der Waals surface area contributed by atoms with E-state index in [4.69, 9.17) is 5.73 Å². The smallest absolute Gasteiger partial charge is 0.269 e. The normalized spacial score (nSPS) is 10.6. The Morgan fingerprint density at radius 1 is 1.11 bits per heavy atom. The van der Waals surface area contributed by atoms with Gasteiger partial charge in [-0.25, -0.2) is 9.37 Å². The number of aryl methyl sites for hydroxylation is 2. The summed E-state index contributed by atoms with van der Waals surface area (Å²) in [5, 5.41) is 2.53. The second-order valence-corrected chi connectivity index (χ2v) is 6.05. The van der Waals surface area contributed by atoms with Gasteiger partial charge < -0.3 is 15.6 Å². The van der Waals surface area contributed by atoms with E-state index in [9.17, 15) is 14.0 Å². The first kappa shape index (κ1) is 18.3. The highest BCUT2D eigenvalue weighted by molar-refractivity contribution is 6.07. The molecule has 1 aromatic heterocycles. The number of rotatable bonds is 7. The Balaban J connectivity index is 1.71. The Labute approximate surface area is 155 Å². The van der Waals surface area contributed by atoms with Crippen LogP contribution in [0.25, 0.3) is 0 Å². The zero-order valence-electron chi connectivity index (χ0n) is 14.6. The molecular weight excluding hydrogens is 347 g/mol. The lowest BCUT2D eigenvalue weighted by atomic mass is 10.1. The minimum atomic E-state index is -0.693. The van der Waals surface area contributed by atoms with Crippen molar-refractivity contribution in [1.82, 2.24) is 9.55 Å². The van der Waals surface area contributed by atoms with E-state index in [1.165, 1.54) is 30.1 Å². The quantitative estimate of drug-likeness (QED) is 0.673. The van der Waals surface area contributed by atoms with Crippen molar-refractivity contribution >= 4 is 17.6 Å². The predicted octanol–water partition coefficient (Wildman–Crippen LogP) is 3.01. The van der Waals surface area contributed by atoms with Crippen LogP contribution in [-0.2, 0) is 13.0 Å². The Kier molecular flexibility index (Phi) is 5.61. The summed E-state index contributed by atoms with van der Waals surface area (Å²) < 4.78 is 14.9. The molecule has 0 radical (unpaired) electrons. The van der Waals surface area contributed by atoms with Crippen molar-refractivity contribution in [3.63, 3.8) is 0 Å². The third-order valence-corrected chi connectivity index (χ3v) is 4.10. The molecule has 0 unspecified atom stereocenters. The van der Waals surface area contributed by atoms with Crippen molar-refractivity contribution < 1.29 is 14.0 Å². The second kappa shape index (κ2) is 8.27. The number of hydrogen-bond acceptors (Lipinski definition) is 3. The standard InChI is InChI=1S/C20H19FN4O2/c21-16-10-4-9-15(12-16)20(27)24-19-17(18(22)26)25(13-23-19)11-5-8-14-6-2-1-3-7-14/h1-4,6-7,9-10,12-13H,5,8,11H2,(H2,22,26)(H,24,27). The monoisotopic (exact) mass is 366 g/mol. The van der Waals surface area contributed by atoms with E-state index >= 15 is 0 Å². The lowest BCUT2D eigenvalue weighted by molar-refractivity contribution is 0.0992. The first-order valence-corrected chi connectivity index (χ1v) is 8.50. The van der Waals surface area contributed by atoms with Crippen molar-refractivity contribution in [1.29, 1.82) is 0 Å². The molecule has 0 spiro atoms. The maximum absolute atomic E-state index is 13.3. The van der Waals surface area contributed by atoms with Gasteiger partial charge in [-0.3, -0.25) is 9.59 Å². The molecule has 27 heavy (non-hydrogen) atoms. The Hall–Kier alpha value is -3.48. The zero-order chi connectivity index (χ0) is 19.2. The first-order valence-electron chi connectivity index (χ1n) is 8.50. The number of benzene rings is 2. The number of aromatic nitrogens is 2. The molecule has 1 heterocycles. The van der Waals surface area contributed by atoms with Crippen molar-refractivity contribution in [3.8, 4) is 0 Å². The molecule has 0 aliphatic heterocycles. The predicted molar refractivity (Wildman–Crippen MR) is 99.9 cm³/mol. The molecule has 138 valence electrons. The van der Waals surface area contributed by atoms with Gasteiger partial charge in [0.05, 0.1) is 6.33 Å². The van der Waals surface area contributed by atoms with Crippen LogP contribution in [-0.4, -0.2) is 21.4 Å². The molecule has 0 aliphatic rings. The molecule has 3 aromatic rings. The van der Waals surface area contributed by atoms with Gasteiger partial charge in [0.2, 0.25) is 0 Å². The van der Waals surface area contributed by atoms with Gasteiger partial charge in [-0.15, -0.1) is 0 Å². The van der Waals surface area contributed by atoms with Crippen LogP contribution in [0.15, 0.2) is 60.9 Å². The van der Waals surface area contributed by atoms with E-state index in [1.807, 2.05) is 30.3 Å². The number of nitrogens with zero attached hydrogens (tertiary/aromatic N) is 2. The van der Waals surface area contributed by atoms with Crippen LogP contribution in [0.1, 0.15) is 32.8 Å². The number of carbonyl (C=O) groups is 2. The fourth-order valence-electron chi connectivity index (χ4n) is 2.81. The molecule has 0 atom stereocenters. The van der Waals surface area contributed by atoms with Gasteiger partial charge in [0.25, 0.3) is 11.8 Å². The molecule has 0 bridgehead atoms. The van der Waals surface area contributed by atoms with E-state index in [2.05, 4.69) is 10.3 Å². The van der Waals surface area contributed by atoms with Crippen LogP contribution in [0, 0.1) is 5.82 Å². The fourth-order valence-corrected chi connectivity index (χ4v) is 2.81. The molecule has 0 aliphatic carbocycles. The van der Waals surface area contributed by atoms with Gasteiger partial charge in [-0.1, -0.05) is 36.4 Å². The van der Waals surface area contributed by atoms with Crippen LogP contribution in [0.2, 0.25) is 0 Å². The Morgan fingerprint density at radius 3 is 2.59 bits per heavy atom. The molecule has 7 heteroatoms. The van der Waals surface area contributed by atoms with E-state index in [1.54, 1.807) is 4.57 Å². The van der Waals surface area contributed by atoms with Crippen molar-refractivity contribution in [2.45, 2.75) is 19.4 Å². The molecule has 3 N–H and O–H groups in total. The van der Waals surface area contributed by atoms with Gasteiger partial charge in [-0.2, -0.15) is 0 Å². The molecule has 0 saturated heterocycles. The lowest BCUT2D eigenvalue weighted by Gasteiger charge is -2.08. The Bertz CT molecular complexity index is 954. The van der Waals surface area contributed by atoms with Crippen LogP contribution in [0.5, 0.6) is 0 Å². The highest BCUT2D eigenvalue weighted by Gasteiger charge is 2.19. The fraction of sp³-hybridized carbons (Fsp3) is 0.150. The number of carbonyl (C=O) groups excluding carboxylic acids is 2. The highest BCUT2D eigenvalue weighted by atomic mass is 19.1. The summed E-state index contributed by atoms with van der Waals surface area (Å²) in [6.07, 6.45) is 3.08. The molecule has 2 aromatic carbocycles. The third-order valence-electron chi connectivity index (χ3n) is 4.10. The van der Waals surface area contributed by atoms with Crippen molar-refractivity contribution in [2.24, 2.45) is 5.73 Å². The van der Waals surface area contributed by atoms with Crippen molar-refractivity contribution in [3.05, 3.63) is 83.6 Å². The number of primary amides is 1. The largest absolute Gasteiger partial charge is 0.364 e.